The Labute approximate surface area is 115 Å². The first-order valence-electron chi connectivity index (χ1n) is 6.31. The number of ether oxygens (including phenoxy) is 1. The third-order valence-electron chi connectivity index (χ3n) is 3.28. The molecule has 0 aromatic heterocycles. The fourth-order valence-corrected chi connectivity index (χ4v) is 1.92. The van der Waals surface area contributed by atoms with Crippen LogP contribution in [0.1, 0.15) is 23.2 Å². The highest BCUT2D eigenvalue weighted by Gasteiger charge is 2.30. The SMILES string of the molecule is COc1cc([N+](=O)[O-])ccc1C(=O)NCC(O)C1CC1. The van der Waals surface area contributed by atoms with Crippen molar-refractivity contribution in [3.05, 3.63) is 33.9 Å². The second-order valence-corrected chi connectivity index (χ2v) is 4.76. The summed E-state index contributed by atoms with van der Waals surface area (Å²) in [7, 11) is 1.34. The molecule has 1 atom stereocenters. The number of hydrogen-bond acceptors (Lipinski definition) is 5. The Morgan fingerprint density at radius 1 is 1.60 bits per heavy atom. The van der Waals surface area contributed by atoms with Gasteiger partial charge in [-0.2, -0.15) is 0 Å². The molecule has 0 saturated heterocycles. The molecular weight excluding hydrogens is 264 g/mol. The minimum Gasteiger partial charge on any atom is -0.496 e. The maximum absolute atomic E-state index is 12.0. The van der Waals surface area contributed by atoms with Gasteiger partial charge in [0.15, 0.2) is 0 Å². The lowest BCUT2D eigenvalue weighted by atomic mass is 10.1. The number of aliphatic hydroxyl groups excluding tert-OH is 1. The van der Waals surface area contributed by atoms with Crippen LogP contribution in [0.25, 0.3) is 0 Å². The van der Waals surface area contributed by atoms with Crippen molar-refractivity contribution in [1.82, 2.24) is 5.32 Å². The average molecular weight is 280 g/mol. The van der Waals surface area contributed by atoms with E-state index >= 15 is 0 Å². The van der Waals surface area contributed by atoms with E-state index in [9.17, 15) is 20.0 Å². The van der Waals surface area contributed by atoms with Gasteiger partial charge < -0.3 is 15.2 Å². The monoisotopic (exact) mass is 280 g/mol. The van der Waals surface area contributed by atoms with Gasteiger partial charge in [-0.1, -0.05) is 0 Å². The molecule has 1 saturated carbocycles. The molecule has 7 heteroatoms. The van der Waals surface area contributed by atoms with Crippen LogP contribution in [0.4, 0.5) is 5.69 Å². The number of aliphatic hydroxyl groups is 1. The molecule has 20 heavy (non-hydrogen) atoms. The third kappa shape index (κ3) is 3.24. The summed E-state index contributed by atoms with van der Waals surface area (Å²) < 4.78 is 5.00. The number of nitrogens with zero attached hydrogens (tertiary/aromatic N) is 1. The molecule has 108 valence electrons. The number of hydrogen-bond donors (Lipinski definition) is 2. The molecule has 0 aliphatic heterocycles. The number of methoxy groups -OCH3 is 1. The second-order valence-electron chi connectivity index (χ2n) is 4.76. The third-order valence-corrected chi connectivity index (χ3v) is 3.28. The van der Waals surface area contributed by atoms with Crippen molar-refractivity contribution in [2.45, 2.75) is 18.9 Å². The van der Waals surface area contributed by atoms with Crippen molar-refractivity contribution in [3.63, 3.8) is 0 Å². The molecule has 1 aromatic rings. The Bertz CT molecular complexity index is 527. The minimum absolute atomic E-state index is 0.137. The number of nitrogens with one attached hydrogen (secondary N) is 1. The summed E-state index contributed by atoms with van der Waals surface area (Å²) in [5.41, 5.74) is 0.0671. The van der Waals surface area contributed by atoms with Crippen molar-refractivity contribution in [2.75, 3.05) is 13.7 Å². The van der Waals surface area contributed by atoms with E-state index in [2.05, 4.69) is 5.32 Å². The Morgan fingerprint density at radius 2 is 2.30 bits per heavy atom. The van der Waals surface area contributed by atoms with Crippen LogP contribution in [-0.4, -0.2) is 35.7 Å². The molecule has 1 aliphatic rings. The van der Waals surface area contributed by atoms with E-state index in [4.69, 9.17) is 4.74 Å². The summed E-state index contributed by atoms with van der Waals surface area (Å²) in [5, 5.41) is 23.0. The lowest BCUT2D eigenvalue weighted by Gasteiger charge is -2.12. The van der Waals surface area contributed by atoms with Crippen molar-refractivity contribution < 1.29 is 19.6 Å². The van der Waals surface area contributed by atoms with Crippen LogP contribution in [-0.2, 0) is 0 Å². The van der Waals surface area contributed by atoms with Gasteiger partial charge >= 0.3 is 0 Å². The number of nitro groups is 1. The molecule has 2 N–H and O–H groups in total. The second kappa shape index (κ2) is 5.87. The molecule has 7 nitrogen and oxygen atoms in total. The molecular formula is C13H16N2O5. The number of carbonyl (C=O) groups excluding carboxylic acids is 1. The number of benzene rings is 1. The van der Waals surface area contributed by atoms with Crippen LogP contribution in [0.5, 0.6) is 5.75 Å². The van der Waals surface area contributed by atoms with E-state index in [0.29, 0.717) is 0 Å². The molecule has 1 amide bonds. The van der Waals surface area contributed by atoms with E-state index < -0.39 is 16.9 Å². The van der Waals surface area contributed by atoms with Crippen LogP contribution >= 0.6 is 0 Å². The predicted molar refractivity (Wildman–Crippen MR) is 70.7 cm³/mol. The highest BCUT2D eigenvalue weighted by Crippen LogP contribution is 2.32. The minimum atomic E-state index is -0.555. The van der Waals surface area contributed by atoms with Gasteiger partial charge in [-0.15, -0.1) is 0 Å². The Morgan fingerprint density at radius 3 is 2.85 bits per heavy atom. The van der Waals surface area contributed by atoms with Gasteiger partial charge in [-0.25, -0.2) is 0 Å². The number of nitro benzene ring substituents is 1. The smallest absolute Gasteiger partial charge is 0.273 e. The number of carbonyl (C=O) groups is 1. The highest BCUT2D eigenvalue weighted by atomic mass is 16.6. The lowest BCUT2D eigenvalue weighted by Crippen LogP contribution is -2.33. The molecule has 0 spiro atoms. The normalized spacial score (nSPS) is 15.5. The number of non-ortho nitro benzene ring substituents is 1. The predicted octanol–water partition coefficient (Wildman–Crippen LogP) is 1.10. The van der Waals surface area contributed by atoms with Gasteiger partial charge in [0.2, 0.25) is 0 Å². The molecule has 1 aliphatic carbocycles. The highest BCUT2D eigenvalue weighted by molar-refractivity contribution is 5.97. The van der Waals surface area contributed by atoms with Crippen molar-refractivity contribution in [1.29, 1.82) is 0 Å². The largest absolute Gasteiger partial charge is 0.496 e. The van der Waals surface area contributed by atoms with Gasteiger partial charge in [-0.3, -0.25) is 14.9 Å². The maximum Gasteiger partial charge on any atom is 0.273 e. The summed E-state index contributed by atoms with van der Waals surface area (Å²) in [4.78, 5) is 22.1. The summed E-state index contributed by atoms with van der Waals surface area (Å²) in [5.74, 6) is -0.0110. The van der Waals surface area contributed by atoms with Crippen molar-refractivity contribution in [3.8, 4) is 5.75 Å². The van der Waals surface area contributed by atoms with E-state index in [-0.39, 0.29) is 29.5 Å². The summed E-state index contributed by atoms with van der Waals surface area (Å²) in [6.45, 7) is 0.170. The lowest BCUT2D eigenvalue weighted by molar-refractivity contribution is -0.384. The van der Waals surface area contributed by atoms with Gasteiger partial charge in [0.05, 0.1) is 29.8 Å². The molecule has 2 rings (SSSR count). The summed E-state index contributed by atoms with van der Waals surface area (Å²) in [6, 6.07) is 3.79. The Hall–Kier alpha value is -2.15. The van der Waals surface area contributed by atoms with Gasteiger partial charge in [-0.05, 0) is 24.8 Å². The first-order valence-corrected chi connectivity index (χ1v) is 6.31. The van der Waals surface area contributed by atoms with Crippen LogP contribution < -0.4 is 10.1 Å². The van der Waals surface area contributed by atoms with E-state index in [0.717, 1.165) is 12.8 Å². The van der Waals surface area contributed by atoms with E-state index in [1.165, 1.54) is 25.3 Å². The quantitative estimate of drug-likeness (QED) is 0.600. The van der Waals surface area contributed by atoms with Gasteiger partial charge in [0.1, 0.15) is 5.75 Å². The fraction of sp³-hybridized carbons (Fsp3) is 0.462. The number of amides is 1. The number of rotatable bonds is 6. The first kappa shape index (κ1) is 14.3. The molecule has 0 radical (unpaired) electrons. The zero-order valence-corrected chi connectivity index (χ0v) is 11.0. The molecule has 1 aromatic carbocycles. The van der Waals surface area contributed by atoms with Crippen molar-refractivity contribution >= 4 is 11.6 Å². The zero-order chi connectivity index (χ0) is 14.7. The Balaban J connectivity index is 2.06. The molecule has 1 unspecified atom stereocenters. The van der Waals surface area contributed by atoms with Crippen molar-refractivity contribution in [2.24, 2.45) is 5.92 Å². The van der Waals surface area contributed by atoms with Gasteiger partial charge in [0, 0.05) is 12.6 Å². The first-order chi connectivity index (χ1) is 9.52. The van der Waals surface area contributed by atoms with Crippen LogP contribution in [0, 0.1) is 16.0 Å². The Kier molecular flexibility index (Phi) is 4.19. The average Bonchev–Trinajstić information content (AvgIpc) is 3.28. The van der Waals surface area contributed by atoms with Crippen LogP contribution in [0.3, 0.4) is 0 Å². The molecule has 0 bridgehead atoms. The van der Waals surface area contributed by atoms with Gasteiger partial charge in [0.25, 0.3) is 11.6 Å². The van der Waals surface area contributed by atoms with E-state index in [1.54, 1.807) is 0 Å². The zero-order valence-electron chi connectivity index (χ0n) is 11.0. The topological polar surface area (TPSA) is 102 Å². The van der Waals surface area contributed by atoms with Crippen LogP contribution in [0.2, 0.25) is 0 Å². The van der Waals surface area contributed by atoms with E-state index in [1.807, 2.05) is 0 Å². The standard InChI is InChI=1S/C13H16N2O5/c1-20-12-6-9(15(18)19)4-5-10(12)13(17)14-7-11(16)8-2-3-8/h4-6,8,11,16H,2-3,7H2,1H3,(H,14,17). The summed E-state index contributed by atoms with van der Waals surface area (Å²) in [6.07, 6.45) is 1.43. The maximum atomic E-state index is 12.0. The van der Waals surface area contributed by atoms with Crippen LogP contribution in [0.15, 0.2) is 18.2 Å². The molecule has 1 fully saturated rings. The fourth-order valence-electron chi connectivity index (χ4n) is 1.92. The summed E-state index contributed by atoms with van der Waals surface area (Å²) >= 11 is 0. The molecule has 0 heterocycles.